The van der Waals surface area contributed by atoms with Crippen LogP contribution >= 0.6 is 0 Å². The summed E-state index contributed by atoms with van der Waals surface area (Å²) in [5.41, 5.74) is 11.1. The second kappa shape index (κ2) is 4.61. The number of anilines is 1. The van der Waals surface area contributed by atoms with E-state index in [0.29, 0.717) is 0 Å². The zero-order chi connectivity index (χ0) is 13.2. The summed E-state index contributed by atoms with van der Waals surface area (Å²) in [5, 5.41) is 4.39. The molecular formula is C16H15N3. The van der Waals surface area contributed by atoms with Gasteiger partial charge in [-0.05, 0) is 24.6 Å². The van der Waals surface area contributed by atoms with Crippen LogP contribution in [0.25, 0.3) is 16.8 Å². The summed E-state index contributed by atoms with van der Waals surface area (Å²) >= 11 is 0. The molecule has 1 aromatic heterocycles. The molecule has 0 amide bonds. The van der Waals surface area contributed by atoms with Gasteiger partial charge in [0.1, 0.15) is 0 Å². The summed E-state index contributed by atoms with van der Waals surface area (Å²) in [4.78, 5) is 0. The molecule has 94 valence electrons. The number of hydrogen-bond donors (Lipinski definition) is 1. The van der Waals surface area contributed by atoms with E-state index in [-0.39, 0.29) is 0 Å². The van der Waals surface area contributed by atoms with Gasteiger partial charge >= 0.3 is 0 Å². The normalized spacial score (nSPS) is 10.6. The zero-order valence-corrected chi connectivity index (χ0v) is 10.7. The number of nitrogens with two attached hydrogens (primary N) is 1. The van der Waals surface area contributed by atoms with Gasteiger partial charge in [-0.15, -0.1) is 0 Å². The Balaban J connectivity index is 2.03. The largest absolute Gasteiger partial charge is 0.397 e. The molecule has 0 aliphatic rings. The van der Waals surface area contributed by atoms with E-state index in [4.69, 9.17) is 5.73 Å². The van der Waals surface area contributed by atoms with E-state index in [0.717, 1.165) is 16.9 Å². The number of nitrogens with zero attached hydrogens (tertiary/aromatic N) is 2. The first-order valence-electron chi connectivity index (χ1n) is 6.20. The highest BCUT2D eigenvalue weighted by Gasteiger charge is 2.05. The minimum Gasteiger partial charge on any atom is -0.397 e. The van der Waals surface area contributed by atoms with Crippen LogP contribution in [0.5, 0.6) is 0 Å². The Morgan fingerprint density at radius 1 is 1.00 bits per heavy atom. The van der Waals surface area contributed by atoms with Crippen molar-refractivity contribution in [2.24, 2.45) is 0 Å². The van der Waals surface area contributed by atoms with Crippen molar-refractivity contribution >= 4 is 5.69 Å². The van der Waals surface area contributed by atoms with Crippen molar-refractivity contribution < 1.29 is 0 Å². The Bertz CT molecular complexity index is 713. The van der Waals surface area contributed by atoms with Crippen LogP contribution < -0.4 is 5.73 Å². The lowest BCUT2D eigenvalue weighted by Gasteiger charge is -2.04. The van der Waals surface area contributed by atoms with Gasteiger partial charge in [0, 0.05) is 11.8 Å². The molecule has 19 heavy (non-hydrogen) atoms. The number of aryl methyl sites for hydroxylation is 1. The molecule has 0 saturated heterocycles. The number of para-hydroxylation sites is 2. The lowest BCUT2D eigenvalue weighted by Crippen LogP contribution is -1.99. The fraction of sp³-hybridized carbons (Fsp3) is 0.0625. The zero-order valence-electron chi connectivity index (χ0n) is 10.7. The molecule has 2 aromatic carbocycles. The fourth-order valence-corrected chi connectivity index (χ4v) is 2.12. The van der Waals surface area contributed by atoms with Crippen molar-refractivity contribution in [1.29, 1.82) is 0 Å². The van der Waals surface area contributed by atoms with Crippen LogP contribution in [0.1, 0.15) is 5.56 Å². The lowest BCUT2D eigenvalue weighted by atomic mass is 10.1. The first-order valence-corrected chi connectivity index (χ1v) is 6.20. The SMILES string of the molecule is Cc1cccc(-c2cnn(-c3ccccc3N)c2)c1. The third-order valence-corrected chi connectivity index (χ3v) is 3.12. The maximum Gasteiger partial charge on any atom is 0.0875 e. The molecule has 3 rings (SSSR count). The van der Waals surface area contributed by atoms with E-state index in [1.807, 2.05) is 41.3 Å². The van der Waals surface area contributed by atoms with Crippen LogP contribution in [0.2, 0.25) is 0 Å². The second-order valence-electron chi connectivity index (χ2n) is 4.60. The van der Waals surface area contributed by atoms with E-state index in [1.165, 1.54) is 11.1 Å². The number of aromatic nitrogens is 2. The van der Waals surface area contributed by atoms with Crippen LogP contribution in [0.3, 0.4) is 0 Å². The van der Waals surface area contributed by atoms with E-state index >= 15 is 0 Å². The van der Waals surface area contributed by atoms with Crippen LogP contribution in [0.4, 0.5) is 5.69 Å². The summed E-state index contributed by atoms with van der Waals surface area (Å²) in [6.07, 6.45) is 3.86. The average Bonchev–Trinajstić information content (AvgIpc) is 2.89. The monoisotopic (exact) mass is 249 g/mol. The Morgan fingerprint density at radius 3 is 2.63 bits per heavy atom. The first-order chi connectivity index (χ1) is 9.24. The quantitative estimate of drug-likeness (QED) is 0.707. The molecule has 3 nitrogen and oxygen atoms in total. The molecule has 0 saturated carbocycles. The minimum absolute atomic E-state index is 0.724. The molecule has 0 spiro atoms. The van der Waals surface area contributed by atoms with Gasteiger partial charge < -0.3 is 5.73 Å². The van der Waals surface area contributed by atoms with Crippen molar-refractivity contribution in [3.05, 3.63) is 66.5 Å². The maximum atomic E-state index is 5.96. The van der Waals surface area contributed by atoms with Gasteiger partial charge in [0.05, 0.1) is 17.6 Å². The number of benzene rings is 2. The van der Waals surface area contributed by atoms with Gasteiger partial charge in [0.2, 0.25) is 0 Å². The molecule has 0 unspecified atom stereocenters. The van der Waals surface area contributed by atoms with E-state index in [2.05, 4.69) is 36.3 Å². The number of hydrogen-bond acceptors (Lipinski definition) is 2. The van der Waals surface area contributed by atoms with Crippen molar-refractivity contribution in [3.8, 4) is 16.8 Å². The van der Waals surface area contributed by atoms with Crippen LogP contribution in [0.15, 0.2) is 60.9 Å². The third-order valence-electron chi connectivity index (χ3n) is 3.12. The van der Waals surface area contributed by atoms with Gasteiger partial charge in [-0.25, -0.2) is 4.68 Å². The maximum absolute atomic E-state index is 5.96. The van der Waals surface area contributed by atoms with E-state index in [1.54, 1.807) is 0 Å². The summed E-state index contributed by atoms with van der Waals surface area (Å²) in [7, 11) is 0. The van der Waals surface area contributed by atoms with Gasteiger partial charge in [0.15, 0.2) is 0 Å². The predicted molar refractivity (Wildman–Crippen MR) is 78.1 cm³/mol. The van der Waals surface area contributed by atoms with Gasteiger partial charge in [-0.3, -0.25) is 0 Å². The summed E-state index contributed by atoms with van der Waals surface area (Å²) in [5.74, 6) is 0. The molecule has 0 aliphatic carbocycles. The first kappa shape index (κ1) is 11.5. The highest BCUT2D eigenvalue weighted by Crippen LogP contribution is 2.22. The standard InChI is InChI=1S/C16H15N3/c1-12-5-4-6-13(9-12)14-10-18-19(11-14)16-8-3-2-7-15(16)17/h2-11H,17H2,1H3. The highest BCUT2D eigenvalue weighted by atomic mass is 15.3. The second-order valence-corrected chi connectivity index (χ2v) is 4.60. The Labute approximate surface area is 112 Å². The van der Waals surface area contributed by atoms with Gasteiger partial charge in [-0.2, -0.15) is 5.10 Å². The Kier molecular flexibility index (Phi) is 2.80. The van der Waals surface area contributed by atoms with Crippen molar-refractivity contribution in [3.63, 3.8) is 0 Å². The van der Waals surface area contributed by atoms with Gasteiger partial charge in [0.25, 0.3) is 0 Å². The predicted octanol–water partition coefficient (Wildman–Crippen LogP) is 3.43. The molecule has 3 heteroatoms. The van der Waals surface area contributed by atoms with E-state index < -0.39 is 0 Å². The molecule has 0 atom stereocenters. The molecule has 3 aromatic rings. The topological polar surface area (TPSA) is 43.8 Å². The van der Waals surface area contributed by atoms with Crippen molar-refractivity contribution in [2.45, 2.75) is 6.92 Å². The molecular weight excluding hydrogens is 234 g/mol. The van der Waals surface area contributed by atoms with Crippen LogP contribution in [-0.2, 0) is 0 Å². The minimum atomic E-state index is 0.724. The average molecular weight is 249 g/mol. The summed E-state index contributed by atoms with van der Waals surface area (Å²) < 4.78 is 1.81. The van der Waals surface area contributed by atoms with Crippen LogP contribution in [0, 0.1) is 6.92 Å². The summed E-state index contributed by atoms with van der Waals surface area (Å²) in [6.45, 7) is 2.09. The summed E-state index contributed by atoms with van der Waals surface area (Å²) in [6, 6.07) is 16.1. The van der Waals surface area contributed by atoms with Gasteiger partial charge in [-0.1, -0.05) is 42.0 Å². The van der Waals surface area contributed by atoms with Crippen molar-refractivity contribution in [2.75, 3.05) is 5.73 Å². The fourth-order valence-electron chi connectivity index (χ4n) is 2.12. The smallest absolute Gasteiger partial charge is 0.0875 e. The Hall–Kier alpha value is -2.55. The van der Waals surface area contributed by atoms with Crippen LogP contribution in [-0.4, -0.2) is 9.78 Å². The molecule has 0 radical (unpaired) electrons. The third kappa shape index (κ3) is 2.22. The van der Waals surface area contributed by atoms with E-state index in [9.17, 15) is 0 Å². The molecule has 0 aliphatic heterocycles. The highest BCUT2D eigenvalue weighted by molar-refractivity contribution is 5.64. The molecule has 0 bridgehead atoms. The lowest BCUT2D eigenvalue weighted by molar-refractivity contribution is 0.883. The molecule has 0 fully saturated rings. The number of rotatable bonds is 2. The molecule has 2 N–H and O–H groups in total. The Morgan fingerprint density at radius 2 is 1.84 bits per heavy atom. The van der Waals surface area contributed by atoms with Crippen molar-refractivity contribution in [1.82, 2.24) is 9.78 Å². The molecule has 1 heterocycles. The number of nitrogen functional groups attached to an aromatic ring is 1.